The molecule has 2 rings (SSSR count). The fourth-order valence-electron chi connectivity index (χ4n) is 2.52. The van der Waals surface area contributed by atoms with Gasteiger partial charge in [0.25, 0.3) is 5.91 Å². The molecule has 6 heteroatoms. The molecule has 1 aromatic carbocycles. The molecule has 22 heavy (non-hydrogen) atoms. The number of likely N-dealkylation sites (tertiary alicyclic amines) is 1. The summed E-state index contributed by atoms with van der Waals surface area (Å²) in [4.78, 5) is 24.8. The lowest BCUT2D eigenvalue weighted by molar-refractivity contribution is -0.146. The number of rotatable bonds is 5. The van der Waals surface area contributed by atoms with Crippen molar-refractivity contribution in [1.29, 1.82) is 0 Å². The standard InChI is InChI=1S/C16H20BrNO4/c1-2-11-5-6-14(13(17)8-11)22-10-15(19)18-7-3-4-12(9-18)16(20)21/h5-6,8,12H,2-4,7,9-10H2,1H3,(H,20,21). The lowest BCUT2D eigenvalue weighted by atomic mass is 9.98. The van der Waals surface area contributed by atoms with Crippen LogP contribution in [0.15, 0.2) is 22.7 Å². The molecule has 1 saturated heterocycles. The van der Waals surface area contributed by atoms with Gasteiger partial charge in [-0.25, -0.2) is 0 Å². The largest absolute Gasteiger partial charge is 0.483 e. The highest BCUT2D eigenvalue weighted by atomic mass is 79.9. The molecule has 0 aromatic heterocycles. The molecule has 0 bridgehead atoms. The van der Waals surface area contributed by atoms with Gasteiger partial charge in [0.05, 0.1) is 10.4 Å². The quantitative estimate of drug-likeness (QED) is 0.866. The van der Waals surface area contributed by atoms with E-state index >= 15 is 0 Å². The van der Waals surface area contributed by atoms with E-state index in [0.29, 0.717) is 18.7 Å². The van der Waals surface area contributed by atoms with Gasteiger partial charge in [0.1, 0.15) is 5.75 Å². The van der Waals surface area contributed by atoms with Crippen LogP contribution in [0.4, 0.5) is 0 Å². The number of piperidine rings is 1. The lowest BCUT2D eigenvalue weighted by Crippen LogP contribution is -2.44. The summed E-state index contributed by atoms with van der Waals surface area (Å²) in [7, 11) is 0. The van der Waals surface area contributed by atoms with E-state index in [9.17, 15) is 9.59 Å². The number of hydrogen-bond donors (Lipinski definition) is 1. The van der Waals surface area contributed by atoms with Gasteiger partial charge in [-0.3, -0.25) is 9.59 Å². The minimum absolute atomic E-state index is 0.0730. The van der Waals surface area contributed by atoms with Gasteiger partial charge in [-0.2, -0.15) is 0 Å². The van der Waals surface area contributed by atoms with Crippen molar-refractivity contribution in [2.45, 2.75) is 26.2 Å². The monoisotopic (exact) mass is 369 g/mol. The van der Waals surface area contributed by atoms with Crippen molar-refractivity contribution >= 4 is 27.8 Å². The van der Waals surface area contributed by atoms with Crippen LogP contribution in [0.3, 0.4) is 0 Å². The second-order valence-electron chi connectivity index (χ2n) is 5.42. The molecule has 0 saturated carbocycles. The predicted molar refractivity (Wildman–Crippen MR) is 86.0 cm³/mol. The maximum absolute atomic E-state index is 12.2. The molecule has 5 nitrogen and oxygen atoms in total. The normalized spacial score (nSPS) is 18.1. The highest BCUT2D eigenvalue weighted by Gasteiger charge is 2.28. The highest BCUT2D eigenvalue weighted by Crippen LogP contribution is 2.26. The third-order valence-corrected chi connectivity index (χ3v) is 4.50. The zero-order chi connectivity index (χ0) is 16.1. The van der Waals surface area contributed by atoms with Gasteiger partial charge in [-0.1, -0.05) is 13.0 Å². The van der Waals surface area contributed by atoms with Crippen LogP contribution in [0, 0.1) is 5.92 Å². The molecule has 1 heterocycles. The maximum atomic E-state index is 12.2. The topological polar surface area (TPSA) is 66.8 Å². The SMILES string of the molecule is CCc1ccc(OCC(=O)N2CCCC(C(=O)O)C2)c(Br)c1. The Morgan fingerprint density at radius 2 is 2.23 bits per heavy atom. The molecule has 120 valence electrons. The van der Waals surface area contributed by atoms with Crippen LogP contribution in [0.25, 0.3) is 0 Å². The van der Waals surface area contributed by atoms with E-state index in [0.717, 1.165) is 17.3 Å². The number of carbonyl (C=O) groups is 2. The van der Waals surface area contributed by atoms with Crippen LogP contribution in [-0.4, -0.2) is 41.6 Å². The molecule has 0 aliphatic carbocycles. The first-order chi connectivity index (χ1) is 10.5. The molecular weight excluding hydrogens is 350 g/mol. The molecule has 1 aliphatic heterocycles. The van der Waals surface area contributed by atoms with Gasteiger partial charge in [-0.15, -0.1) is 0 Å². The summed E-state index contributed by atoms with van der Waals surface area (Å²) >= 11 is 3.44. The van der Waals surface area contributed by atoms with Crippen molar-refractivity contribution in [1.82, 2.24) is 4.90 Å². The average Bonchev–Trinajstić information content (AvgIpc) is 2.53. The second kappa shape index (κ2) is 7.63. The number of benzene rings is 1. The molecule has 1 N–H and O–H groups in total. The second-order valence-corrected chi connectivity index (χ2v) is 6.28. The number of carbonyl (C=O) groups excluding carboxylic acids is 1. The molecule has 1 aromatic rings. The summed E-state index contributed by atoms with van der Waals surface area (Å²) in [5.41, 5.74) is 1.19. The fraction of sp³-hybridized carbons (Fsp3) is 0.500. The third-order valence-electron chi connectivity index (χ3n) is 3.88. The molecule has 0 spiro atoms. The van der Waals surface area contributed by atoms with E-state index in [1.54, 1.807) is 4.90 Å². The minimum atomic E-state index is -0.837. The Morgan fingerprint density at radius 3 is 2.86 bits per heavy atom. The number of ether oxygens (including phenoxy) is 1. The van der Waals surface area contributed by atoms with Crippen molar-refractivity contribution < 1.29 is 19.4 Å². The van der Waals surface area contributed by atoms with Gasteiger partial charge in [0.15, 0.2) is 6.61 Å². The van der Waals surface area contributed by atoms with E-state index in [2.05, 4.69) is 22.9 Å². The first-order valence-electron chi connectivity index (χ1n) is 7.43. The zero-order valence-electron chi connectivity index (χ0n) is 12.5. The van der Waals surface area contributed by atoms with Crippen molar-refractivity contribution in [3.05, 3.63) is 28.2 Å². The number of carboxylic acids is 1. The number of aliphatic carboxylic acids is 1. The van der Waals surface area contributed by atoms with Crippen LogP contribution in [0.1, 0.15) is 25.3 Å². The Morgan fingerprint density at radius 1 is 1.45 bits per heavy atom. The summed E-state index contributed by atoms with van der Waals surface area (Å²) in [6.45, 7) is 2.87. The highest BCUT2D eigenvalue weighted by molar-refractivity contribution is 9.10. The Labute approximate surface area is 138 Å². The van der Waals surface area contributed by atoms with E-state index in [1.807, 2.05) is 18.2 Å². The number of amides is 1. The van der Waals surface area contributed by atoms with E-state index in [-0.39, 0.29) is 19.1 Å². The first-order valence-corrected chi connectivity index (χ1v) is 8.22. The Hall–Kier alpha value is -1.56. The van der Waals surface area contributed by atoms with Gasteiger partial charge >= 0.3 is 5.97 Å². The average molecular weight is 370 g/mol. The number of aryl methyl sites for hydroxylation is 1. The van der Waals surface area contributed by atoms with Gasteiger partial charge < -0.3 is 14.7 Å². The smallest absolute Gasteiger partial charge is 0.308 e. The van der Waals surface area contributed by atoms with Crippen LogP contribution in [-0.2, 0) is 16.0 Å². The molecular formula is C16H20BrNO4. The molecule has 1 amide bonds. The summed E-state index contributed by atoms with van der Waals surface area (Å²) in [6.07, 6.45) is 2.28. The van der Waals surface area contributed by atoms with Crippen molar-refractivity contribution in [2.75, 3.05) is 19.7 Å². The number of halogens is 1. The zero-order valence-corrected chi connectivity index (χ0v) is 14.1. The number of carboxylic acid groups (broad SMARTS) is 1. The van der Waals surface area contributed by atoms with Crippen molar-refractivity contribution in [3.8, 4) is 5.75 Å². The Bertz CT molecular complexity index is 561. The number of hydrogen-bond acceptors (Lipinski definition) is 3. The first kappa shape index (κ1) is 16.8. The molecule has 1 fully saturated rings. The van der Waals surface area contributed by atoms with Crippen LogP contribution in [0.2, 0.25) is 0 Å². The number of nitrogens with zero attached hydrogens (tertiary/aromatic N) is 1. The Balaban J connectivity index is 1.91. The van der Waals surface area contributed by atoms with Crippen molar-refractivity contribution in [3.63, 3.8) is 0 Å². The minimum Gasteiger partial charge on any atom is -0.483 e. The Kier molecular flexibility index (Phi) is 5.83. The third kappa shape index (κ3) is 4.22. The van der Waals surface area contributed by atoms with Gasteiger partial charge in [0.2, 0.25) is 0 Å². The molecule has 1 aliphatic rings. The van der Waals surface area contributed by atoms with E-state index in [4.69, 9.17) is 9.84 Å². The molecule has 1 unspecified atom stereocenters. The van der Waals surface area contributed by atoms with Crippen LogP contribution in [0.5, 0.6) is 5.75 Å². The molecule has 1 atom stereocenters. The summed E-state index contributed by atoms with van der Waals surface area (Å²) < 4.78 is 6.38. The van der Waals surface area contributed by atoms with E-state index in [1.165, 1.54) is 5.56 Å². The van der Waals surface area contributed by atoms with Gasteiger partial charge in [-0.05, 0) is 52.9 Å². The summed E-state index contributed by atoms with van der Waals surface area (Å²) in [5.74, 6) is -0.848. The summed E-state index contributed by atoms with van der Waals surface area (Å²) in [5, 5.41) is 9.06. The van der Waals surface area contributed by atoms with Crippen LogP contribution < -0.4 is 4.74 Å². The van der Waals surface area contributed by atoms with E-state index < -0.39 is 11.9 Å². The predicted octanol–water partition coefficient (Wildman–Crippen LogP) is 2.71. The summed E-state index contributed by atoms with van der Waals surface area (Å²) in [6, 6.07) is 5.78. The molecule has 0 radical (unpaired) electrons. The van der Waals surface area contributed by atoms with Crippen LogP contribution >= 0.6 is 15.9 Å². The van der Waals surface area contributed by atoms with Crippen molar-refractivity contribution in [2.24, 2.45) is 5.92 Å². The lowest BCUT2D eigenvalue weighted by Gasteiger charge is -2.30. The maximum Gasteiger partial charge on any atom is 0.308 e. The fourth-order valence-corrected chi connectivity index (χ4v) is 3.06. The van der Waals surface area contributed by atoms with Gasteiger partial charge in [0, 0.05) is 13.1 Å².